The lowest BCUT2D eigenvalue weighted by Crippen LogP contribution is -2.61. The average molecular weight is 179 g/mol. The van der Waals surface area contributed by atoms with Crippen molar-refractivity contribution in [3.05, 3.63) is 0 Å². The summed E-state index contributed by atoms with van der Waals surface area (Å²) in [6.07, 6.45) is -4.85. The van der Waals surface area contributed by atoms with Crippen LogP contribution in [-0.2, 0) is 4.74 Å². The molecule has 6 nitrogen and oxygen atoms in total. The van der Waals surface area contributed by atoms with Crippen LogP contribution in [-0.4, -0.2) is 57.7 Å². The minimum atomic E-state index is -1.35. The minimum Gasteiger partial charge on any atom is -0.394 e. The number of aliphatic hydroxyl groups is 4. The molecule has 1 aliphatic rings. The molecular weight excluding hydrogens is 166 g/mol. The van der Waals surface area contributed by atoms with Gasteiger partial charge in [-0.15, -0.1) is 0 Å². The zero-order chi connectivity index (χ0) is 9.30. The summed E-state index contributed by atoms with van der Waals surface area (Å²) in [6, 6.07) is -1.04. The van der Waals surface area contributed by atoms with Crippen molar-refractivity contribution in [2.45, 2.75) is 30.6 Å². The number of hydrogen-bond donors (Lipinski definition) is 5. The molecule has 0 spiro atoms. The van der Waals surface area contributed by atoms with Crippen molar-refractivity contribution in [1.29, 1.82) is 0 Å². The minimum absolute atomic E-state index is 0.470. The molecule has 6 heteroatoms. The molecule has 0 aromatic carbocycles. The van der Waals surface area contributed by atoms with Crippen LogP contribution >= 0.6 is 0 Å². The first-order valence-electron chi connectivity index (χ1n) is 3.64. The van der Waals surface area contributed by atoms with Gasteiger partial charge in [0, 0.05) is 0 Å². The first kappa shape index (κ1) is 9.85. The van der Waals surface area contributed by atoms with Crippen LogP contribution < -0.4 is 5.73 Å². The second-order valence-corrected chi connectivity index (χ2v) is 2.81. The van der Waals surface area contributed by atoms with Crippen LogP contribution in [0.4, 0.5) is 0 Å². The molecule has 5 atom stereocenters. The van der Waals surface area contributed by atoms with Gasteiger partial charge in [0.05, 0.1) is 12.6 Å². The largest absolute Gasteiger partial charge is 0.394 e. The summed E-state index contributed by atoms with van der Waals surface area (Å²) in [4.78, 5) is 0. The van der Waals surface area contributed by atoms with Gasteiger partial charge in [0.25, 0.3) is 0 Å². The van der Waals surface area contributed by atoms with Crippen molar-refractivity contribution in [3.63, 3.8) is 0 Å². The molecule has 1 aliphatic heterocycles. The van der Waals surface area contributed by atoms with E-state index in [0.29, 0.717) is 0 Å². The summed E-state index contributed by atoms with van der Waals surface area (Å²) >= 11 is 0. The van der Waals surface area contributed by atoms with Crippen LogP contribution in [0.3, 0.4) is 0 Å². The van der Waals surface area contributed by atoms with E-state index in [9.17, 15) is 10.2 Å². The second-order valence-electron chi connectivity index (χ2n) is 2.81. The second kappa shape index (κ2) is 3.65. The highest BCUT2D eigenvalue weighted by molar-refractivity contribution is 4.90. The van der Waals surface area contributed by atoms with Crippen LogP contribution in [0.25, 0.3) is 0 Å². The van der Waals surface area contributed by atoms with Gasteiger partial charge in [-0.2, -0.15) is 0 Å². The lowest BCUT2D eigenvalue weighted by atomic mass is 9.98. The van der Waals surface area contributed by atoms with Crippen LogP contribution in [0.1, 0.15) is 0 Å². The maximum atomic E-state index is 9.20. The summed E-state index contributed by atoms with van der Waals surface area (Å²) < 4.78 is 4.70. The zero-order valence-electron chi connectivity index (χ0n) is 6.37. The molecule has 0 amide bonds. The Morgan fingerprint density at radius 3 is 2.25 bits per heavy atom. The van der Waals surface area contributed by atoms with Gasteiger partial charge in [0.1, 0.15) is 18.3 Å². The normalized spacial score (nSPS) is 49.2. The average Bonchev–Trinajstić information content (AvgIpc) is 2.08. The number of hydrogen-bond acceptors (Lipinski definition) is 6. The molecule has 6 N–H and O–H groups in total. The van der Waals surface area contributed by atoms with E-state index in [1.165, 1.54) is 0 Å². The summed E-state index contributed by atoms with van der Waals surface area (Å²) in [5, 5.41) is 36.1. The molecule has 0 aromatic rings. The van der Waals surface area contributed by atoms with Gasteiger partial charge in [-0.25, -0.2) is 0 Å². The SMILES string of the molecule is NC1C(O)O[C@H](CO)C(O)[C@@H]1O. The van der Waals surface area contributed by atoms with Gasteiger partial charge in [-0.1, -0.05) is 0 Å². The topological polar surface area (TPSA) is 116 Å². The molecule has 1 fully saturated rings. The quantitative estimate of drug-likeness (QED) is 0.288. The Kier molecular flexibility index (Phi) is 2.99. The third-order valence-electron chi connectivity index (χ3n) is 1.95. The fraction of sp³-hybridized carbons (Fsp3) is 1.00. The predicted molar refractivity (Wildman–Crippen MR) is 38.0 cm³/mol. The summed E-state index contributed by atoms with van der Waals surface area (Å²) in [7, 11) is 0. The number of ether oxygens (including phenoxy) is 1. The summed E-state index contributed by atoms with van der Waals surface area (Å²) in [5.41, 5.74) is 5.26. The highest BCUT2D eigenvalue weighted by Crippen LogP contribution is 2.17. The van der Waals surface area contributed by atoms with Crippen LogP contribution in [0.2, 0.25) is 0 Å². The van der Waals surface area contributed by atoms with Crippen molar-refractivity contribution in [2.24, 2.45) is 5.73 Å². The third-order valence-corrected chi connectivity index (χ3v) is 1.95. The Morgan fingerprint density at radius 2 is 1.75 bits per heavy atom. The predicted octanol–water partition coefficient (Wildman–Crippen LogP) is -3.25. The Bertz CT molecular complexity index is 150. The summed E-state index contributed by atoms with van der Waals surface area (Å²) in [5.74, 6) is 0. The molecular formula is C6H13NO5. The molecule has 0 aliphatic carbocycles. The highest BCUT2D eigenvalue weighted by Gasteiger charge is 2.41. The fourth-order valence-corrected chi connectivity index (χ4v) is 1.12. The molecule has 0 radical (unpaired) electrons. The van der Waals surface area contributed by atoms with E-state index in [0.717, 1.165) is 0 Å². The van der Waals surface area contributed by atoms with Crippen LogP contribution in [0, 0.1) is 0 Å². The molecule has 0 bridgehead atoms. The number of aliphatic hydroxyl groups excluding tert-OH is 4. The molecule has 0 aromatic heterocycles. The fourth-order valence-electron chi connectivity index (χ4n) is 1.12. The van der Waals surface area contributed by atoms with E-state index in [1.807, 2.05) is 0 Å². The van der Waals surface area contributed by atoms with Gasteiger partial charge in [0.2, 0.25) is 0 Å². The standard InChI is InChI=1S/C6H13NO5/c7-3-5(10)4(9)2(1-8)12-6(3)11/h2-6,8-11H,1,7H2/t2-,3?,4?,5-,6?/m1/s1. The smallest absolute Gasteiger partial charge is 0.173 e. The van der Waals surface area contributed by atoms with Crippen molar-refractivity contribution in [3.8, 4) is 0 Å². The maximum absolute atomic E-state index is 9.20. The summed E-state index contributed by atoms with van der Waals surface area (Å²) in [6.45, 7) is -0.470. The molecule has 3 unspecified atom stereocenters. The number of rotatable bonds is 1. The Labute approximate surface area is 69.2 Å². The van der Waals surface area contributed by atoms with E-state index in [-0.39, 0.29) is 0 Å². The lowest BCUT2D eigenvalue weighted by molar-refractivity contribution is -0.248. The van der Waals surface area contributed by atoms with E-state index in [2.05, 4.69) is 0 Å². The van der Waals surface area contributed by atoms with E-state index < -0.39 is 37.3 Å². The van der Waals surface area contributed by atoms with Crippen molar-refractivity contribution >= 4 is 0 Å². The van der Waals surface area contributed by atoms with Gasteiger partial charge in [-0.3, -0.25) is 0 Å². The molecule has 72 valence electrons. The van der Waals surface area contributed by atoms with Gasteiger partial charge in [-0.05, 0) is 0 Å². The Morgan fingerprint density at radius 1 is 1.17 bits per heavy atom. The maximum Gasteiger partial charge on any atom is 0.173 e. The van der Waals surface area contributed by atoms with E-state index in [1.54, 1.807) is 0 Å². The molecule has 1 rings (SSSR count). The van der Waals surface area contributed by atoms with Crippen LogP contribution in [0.5, 0.6) is 0 Å². The number of nitrogens with two attached hydrogens (primary N) is 1. The van der Waals surface area contributed by atoms with Gasteiger partial charge in [0.15, 0.2) is 6.29 Å². The first-order valence-corrected chi connectivity index (χ1v) is 3.64. The first-order chi connectivity index (χ1) is 5.57. The molecule has 0 saturated carbocycles. The van der Waals surface area contributed by atoms with Crippen LogP contribution in [0.15, 0.2) is 0 Å². The van der Waals surface area contributed by atoms with Crippen molar-refractivity contribution < 1.29 is 25.2 Å². The van der Waals surface area contributed by atoms with Gasteiger partial charge >= 0.3 is 0 Å². The van der Waals surface area contributed by atoms with Gasteiger partial charge < -0.3 is 30.9 Å². The molecule has 1 saturated heterocycles. The van der Waals surface area contributed by atoms with E-state index >= 15 is 0 Å². The molecule has 12 heavy (non-hydrogen) atoms. The molecule has 1 heterocycles. The lowest BCUT2D eigenvalue weighted by Gasteiger charge is -2.38. The monoisotopic (exact) mass is 179 g/mol. The van der Waals surface area contributed by atoms with Crippen molar-refractivity contribution in [2.75, 3.05) is 6.61 Å². The van der Waals surface area contributed by atoms with Crippen molar-refractivity contribution in [1.82, 2.24) is 0 Å². The zero-order valence-corrected chi connectivity index (χ0v) is 6.37. The Hall–Kier alpha value is -0.240. The van der Waals surface area contributed by atoms with E-state index in [4.69, 9.17) is 20.7 Å². The highest BCUT2D eigenvalue weighted by atomic mass is 16.6. The Balaban J connectivity index is 2.63. The third kappa shape index (κ3) is 1.58.